The van der Waals surface area contributed by atoms with E-state index in [9.17, 15) is 9.90 Å². The number of anilines is 2. The third-order valence-corrected chi connectivity index (χ3v) is 3.46. The molecular formula is C14H13IN2O2. The van der Waals surface area contributed by atoms with Gasteiger partial charge in [-0.15, -0.1) is 0 Å². The molecule has 0 aliphatic rings. The number of carbonyl (C=O) groups excluding carboxylic acids is 1. The van der Waals surface area contributed by atoms with Crippen molar-refractivity contribution in [3.8, 4) is 5.75 Å². The van der Waals surface area contributed by atoms with Gasteiger partial charge < -0.3 is 15.7 Å². The molecular weight excluding hydrogens is 355 g/mol. The minimum absolute atomic E-state index is 0.0536. The van der Waals surface area contributed by atoms with E-state index in [2.05, 4.69) is 33.2 Å². The fraction of sp³-hybridized carbons (Fsp3) is 0.0714. The first-order valence-corrected chi connectivity index (χ1v) is 6.76. The van der Waals surface area contributed by atoms with Gasteiger partial charge in [0.05, 0.1) is 11.4 Å². The lowest BCUT2D eigenvalue weighted by molar-refractivity contribution is 0.262. The number of phenolic OH excluding ortho intramolecular Hbond substituents is 1. The summed E-state index contributed by atoms with van der Waals surface area (Å²) in [7, 11) is 0. The van der Waals surface area contributed by atoms with Gasteiger partial charge >= 0.3 is 6.03 Å². The van der Waals surface area contributed by atoms with Crippen LogP contribution in [0.4, 0.5) is 16.2 Å². The summed E-state index contributed by atoms with van der Waals surface area (Å²) in [6.07, 6.45) is 0. The number of phenols is 1. The molecule has 2 aromatic carbocycles. The second-order valence-electron chi connectivity index (χ2n) is 4.08. The number of benzene rings is 2. The summed E-state index contributed by atoms with van der Waals surface area (Å²) in [5, 5.41) is 15.1. The molecule has 0 heterocycles. The van der Waals surface area contributed by atoms with E-state index in [1.54, 1.807) is 12.1 Å². The average molecular weight is 368 g/mol. The molecule has 4 nitrogen and oxygen atoms in total. The molecule has 0 unspecified atom stereocenters. The highest BCUT2D eigenvalue weighted by Gasteiger charge is 2.07. The topological polar surface area (TPSA) is 61.4 Å². The lowest BCUT2D eigenvalue weighted by atomic mass is 10.2. The van der Waals surface area contributed by atoms with E-state index in [0.29, 0.717) is 5.69 Å². The number of aromatic hydroxyl groups is 1. The number of carbonyl (C=O) groups is 1. The molecule has 0 aliphatic heterocycles. The Bertz CT molecular complexity index is 614. The van der Waals surface area contributed by atoms with Crippen molar-refractivity contribution >= 4 is 40.0 Å². The van der Waals surface area contributed by atoms with Gasteiger partial charge in [0.1, 0.15) is 5.75 Å². The summed E-state index contributed by atoms with van der Waals surface area (Å²) in [6, 6.07) is 12.2. The van der Waals surface area contributed by atoms with Gasteiger partial charge in [0.25, 0.3) is 0 Å². The molecule has 0 spiro atoms. The molecule has 2 aromatic rings. The Balaban J connectivity index is 2.08. The predicted octanol–water partition coefficient (Wildman–Crippen LogP) is 3.95. The fourth-order valence-corrected chi connectivity index (χ4v) is 2.11. The molecule has 0 aliphatic carbocycles. The number of amides is 2. The monoisotopic (exact) mass is 368 g/mol. The zero-order chi connectivity index (χ0) is 13.8. The van der Waals surface area contributed by atoms with Crippen LogP contribution in [0.25, 0.3) is 0 Å². The summed E-state index contributed by atoms with van der Waals surface area (Å²) < 4.78 is 0.948. The zero-order valence-corrected chi connectivity index (χ0v) is 12.4. The van der Waals surface area contributed by atoms with E-state index in [-0.39, 0.29) is 11.8 Å². The summed E-state index contributed by atoms with van der Waals surface area (Å²) in [5.41, 5.74) is 2.04. The van der Waals surface area contributed by atoms with Crippen molar-refractivity contribution in [1.29, 1.82) is 0 Å². The molecule has 0 bridgehead atoms. The summed E-state index contributed by atoms with van der Waals surface area (Å²) in [5.74, 6) is 0.0536. The number of hydrogen-bond donors (Lipinski definition) is 3. The van der Waals surface area contributed by atoms with E-state index < -0.39 is 0 Å². The van der Waals surface area contributed by atoms with Crippen LogP contribution in [0.3, 0.4) is 0 Å². The molecule has 0 saturated heterocycles. The molecule has 98 valence electrons. The molecule has 2 rings (SSSR count). The van der Waals surface area contributed by atoms with Gasteiger partial charge in [-0.3, -0.25) is 0 Å². The second kappa shape index (κ2) is 5.92. The number of hydrogen-bond acceptors (Lipinski definition) is 2. The maximum atomic E-state index is 11.8. The van der Waals surface area contributed by atoms with Gasteiger partial charge in [-0.2, -0.15) is 0 Å². The van der Waals surface area contributed by atoms with E-state index in [0.717, 1.165) is 14.8 Å². The van der Waals surface area contributed by atoms with Crippen LogP contribution in [0.5, 0.6) is 5.75 Å². The first-order valence-electron chi connectivity index (χ1n) is 5.68. The minimum Gasteiger partial charge on any atom is -0.506 e. The number of halogens is 1. The Morgan fingerprint density at radius 3 is 2.47 bits per heavy atom. The van der Waals surface area contributed by atoms with Crippen molar-refractivity contribution < 1.29 is 9.90 Å². The lowest BCUT2D eigenvalue weighted by Crippen LogP contribution is -2.20. The van der Waals surface area contributed by atoms with Crippen LogP contribution in [0.15, 0.2) is 42.5 Å². The summed E-state index contributed by atoms with van der Waals surface area (Å²) in [4.78, 5) is 11.8. The van der Waals surface area contributed by atoms with Gasteiger partial charge in [-0.05, 0) is 59.3 Å². The van der Waals surface area contributed by atoms with Gasteiger partial charge in [0.2, 0.25) is 0 Å². The Morgan fingerprint density at radius 2 is 1.79 bits per heavy atom. The van der Waals surface area contributed by atoms with Crippen molar-refractivity contribution in [3.63, 3.8) is 0 Å². The van der Waals surface area contributed by atoms with Crippen molar-refractivity contribution in [2.45, 2.75) is 6.92 Å². The Morgan fingerprint density at radius 1 is 1.11 bits per heavy atom. The van der Waals surface area contributed by atoms with Crippen LogP contribution in [0, 0.1) is 10.5 Å². The predicted molar refractivity (Wildman–Crippen MR) is 84.6 cm³/mol. The zero-order valence-electron chi connectivity index (χ0n) is 10.3. The molecule has 5 heteroatoms. The summed E-state index contributed by atoms with van der Waals surface area (Å²) >= 11 is 2.14. The van der Waals surface area contributed by atoms with Crippen LogP contribution in [0.1, 0.15) is 5.56 Å². The number of para-hydroxylation sites is 1. The van der Waals surface area contributed by atoms with E-state index in [4.69, 9.17) is 0 Å². The molecule has 0 atom stereocenters. The molecule has 2 amide bonds. The van der Waals surface area contributed by atoms with Crippen molar-refractivity contribution in [3.05, 3.63) is 51.6 Å². The normalized spacial score (nSPS) is 10.0. The van der Waals surface area contributed by atoms with Gasteiger partial charge in [0.15, 0.2) is 0 Å². The van der Waals surface area contributed by atoms with Crippen LogP contribution >= 0.6 is 22.6 Å². The molecule has 19 heavy (non-hydrogen) atoms. The second-order valence-corrected chi connectivity index (χ2v) is 5.24. The van der Waals surface area contributed by atoms with Crippen LogP contribution < -0.4 is 10.6 Å². The Labute approximate surface area is 125 Å². The van der Waals surface area contributed by atoms with Gasteiger partial charge in [-0.1, -0.05) is 18.2 Å². The van der Waals surface area contributed by atoms with Crippen molar-refractivity contribution in [2.24, 2.45) is 0 Å². The standard InChI is InChI=1S/C14H13IN2O2/c1-9-6-7-12(13(18)8-9)17-14(19)16-11-5-3-2-4-10(11)15/h2-8,18H,1H3,(H2,16,17,19). The highest BCUT2D eigenvalue weighted by molar-refractivity contribution is 14.1. The van der Waals surface area contributed by atoms with E-state index >= 15 is 0 Å². The minimum atomic E-state index is -0.386. The summed E-state index contributed by atoms with van der Waals surface area (Å²) in [6.45, 7) is 1.87. The molecule has 3 N–H and O–H groups in total. The fourth-order valence-electron chi connectivity index (χ4n) is 1.59. The van der Waals surface area contributed by atoms with Crippen LogP contribution in [-0.4, -0.2) is 11.1 Å². The molecule has 0 fully saturated rings. The Kier molecular flexibility index (Phi) is 4.26. The maximum Gasteiger partial charge on any atom is 0.323 e. The lowest BCUT2D eigenvalue weighted by Gasteiger charge is -2.10. The quantitative estimate of drug-likeness (QED) is 0.555. The molecule has 0 radical (unpaired) electrons. The average Bonchev–Trinajstić information content (AvgIpc) is 2.36. The van der Waals surface area contributed by atoms with Crippen LogP contribution in [-0.2, 0) is 0 Å². The third kappa shape index (κ3) is 3.60. The number of urea groups is 1. The van der Waals surface area contributed by atoms with Crippen molar-refractivity contribution in [2.75, 3.05) is 10.6 Å². The number of aryl methyl sites for hydroxylation is 1. The number of nitrogens with one attached hydrogen (secondary N) is 2. The largest absolute Gasteiger partial charge is 0.506 e. The Hall–Kier alpha value is -1.76. The van der Waals surface area contributed by atoms with E-state index in [1.807, 2.05) is 37.3 Å². The van der Waals surface area contributed by atoms with E-state index in [1.165, 1.54) is 0 Å². The molecule has 0 aromatic heterocycles. The highest BCUT2D eigenvalue weighted by Crippen LogP contribution is 2.24. The first kappa shape index (κ1) is 13.7. The molecule has 0 saturated carbocycles. The SMILES string of the molecule is Cc1ccc(NC(=O)Nc2ccccc2I)c(O)c1. The third-order valence-electron chi connectivity index (χ3n) is 2.52. The highest BCUT2D eigenvalue weighted by atomic mass is 127. The number of rotatable bonds is 2. The van der Waals surface area contributed by atoms with Gasteiger partial charge in [0, 0.05) is 3.57 Å². The van der Waals surface area contributed by atoms with Gasteiger partial charge in [-0.25, -0.2) is 4.79 Å². The smallest absolute Gasteiger partial charge is 0.323 e. The first-order chi connectivity index (χ1) is 9.06. The maximum absolute atomic E-state index is 11.8. The van der Waals surface area contributed by atoms with Crippen LogP contribution in [0.2, 0.25) is 0 Å². The van der Waals surface area contributed by atoms with Crippen molar-refractivity contribution in [1.82, 2.24) is 0 Å².